The summed E-state index contributed by atoms with van der Waals surface area (Å²) in [4.78, 5) is 12.1. The van der Waals surface area contributed by atoms with Gasteiger partial charge in [-0.2, -0.15) is 0 Å². The molecule has 0 amide bonds. The molecular weight excluding hydrogens is 382 g/mol. The zero-order chi connectivity index (χ0) is 20.6. The summed E-state index contributed by atoms with van der Waals surface area (Å²) in [5.74, 6) is -0.902. The van der Waals surface area contributed by atoms with E-state index in [1.165, 1.54) is 17.3 Å². The predicted molar refractivity (Wildman–Crippen MR) is 119 cm³/mol. The number of carboxylic acid groups (broad SMARTS) is 1. The lowest BCUT2D eigenvalue weighted by molar-refractivity contribution is 0.0693. The molecule has 5 heteroatoms. The summed E-state index contributed by atoms with van der Waals surface area (Å²) in [7, 11) is 0. The Morgan fingerprint density at radius 3 is 2.34 bits per heavy atom. The first-order chi connectivity index (χ1) is 14.1. The normalized spacial score (nSPS) is 11.9. The molecule has 0 saturated heterocycles. The molecule has 0 heterocycles. The Bertz CT molecular complexity index is 942. The van der Waals surface area contributed by atoms with Crippen molar-refractivity contribution in [3.8, 4) is 11.1 Å². The molecule has 0 unspecified atom stereocenters. The van der Waals surface area contributed by atoms with E-state index < -0.39 is 12.1 Å². The Morgan fingerprint density at radius 2 is 1.69 bits per heavy atom. The van der Waals surface area contributed by atoms with Gasteiger partial charge >= 0.3 is 5.97 Å². The molecule has 0 aliphatic rings. The van der Waals surface area contributed by atoms with Crippen LogP contribution in [-0.4, -0.2) is 35.5 Å². The van der Waals surface area contributed by atoms with Crippen molar-refractivity contribution in [3.05, 3.63) is 89.5 Å². The summed E-state index contributed by atoms with van der Waals surface area (Å²) in [6, 6.07) is 23.4. The van der Waals surface area contributed by atoms with Gasteiger partial charge in [-0.05, 0) is 53.6 Å². The van der Waals surface area contributed by atoms with Gasteiger partial charge in [-0.15, -0.1) is 11.8 Å². The molecule has 3 rings (SSSR count). The summed E-state index contributed by atoms with van der Waals surface area (Å²) in [6.45, 7) is 1.31. The minimum absolute atomic E-state index is 0.335. The highest BCUT2D eigenvalue weighted by Crippen LogP contribution is 2.28. The van der Waals surface area contributed by atoms with Gasteiger partial charge in [0.25, 0.3) is 0 Å². The molecule has 4 nitrogen and oxygen atoms in total. The third kappa shape index (κ3) is 5.70. The molecule has 0 radical (unpaired) electrons. The fraction of sp³-hybridized carbons (Fsp3) is 0.208. The van der Waals surface area contributed by atoms with Crippen LogP contribution in [0.15, 0.2) is 77.7 Å². The van der Waals surface area contributed by atoms with E-state index in [1.54, 1.807) is 6.07 Å². The van der Waals surface area contributed by atoms with Crippen molar-refractivity contribution < 1.29 is 15.0 Å². The van der Waals surface area contributed by atoms with Gasteiger partial charge in [0.1, 0.15) is 0 Å². The standard InChI is InChI=1S/C24H25NO3S/c1-29-23-15-20(11-12-21(23)24(27)28)18-9-7-17(8-10-18)13-14-25-16-22(26)19-5-3-2-4-6-19/h2-12,15,22,25-26H,13-14,16H2,1H3,(H,27,28)/t22-/m1/s1. The quantitative estimate of drug-likeness (QED) is 0.356. The number of carboxylic acids is 1. The van der Waals surface area contributed by atoms with Crippen molar-refractivity contribution in [1.29, 1.82) is 0 Å². The third-order valence-electron chi connectivity index (χ3n) is 4.83. The molecule has 0 fully saturated rings. The van der Waals surface area contributed by atoms with Crippen molar-refractivity contribution in [3.63, 3.8) is 0 Å². The van der Waals surface area contributed by atoms with Crippen LogP contribution in [0.5, 0.6) is 0 Å². The van der Waals surface area contributed by atoms with Gasteiger partial charge in [-0.25, -0.2) is 4.79 Å². The van der Waals surface area contributed by atoms with Crippen molar-refractivity contribution in [2.75, 3.05) is 19.3 Å². The molecule has 0 saturated carbocycles. The Labute approximate surface area is 175 Å². The lowest BCUT2D eigenvalue weighted by Crippen LogP contribution is -2.23. The highest BCUT2D eigenvalue weighted by Gasteiger charge is 2.11. The molecule has 0 bridgehead atoms. The van der Waals surface area contributed by atoms with Crippen molar-refractivity contribution in [2.24, 2.45) is 0 Å². The Balaban J connectivity index is 1.54. The maximum absolute atomic E-state index is 11.3. The SMILES string of the molecule is CSc1cc(-c2ccc(CCNC[C@@H](O)c3ccccc3)cc2)ccc1C(=O)O. The van der Waals surface area contributed by atoms with E-state index >= 15 is 0 Å². The first-order valence-corrected chi connectivity index (χ1v) is 10.8. The van der Waals surface area contributed by atoms with E-state index in [0.717, 1.165) is 34.6 Å². The van der Waals surface area contributed by atoms with Crippen LogP contribution in [0.4, 0.5) is 0 Å². The number of hydrogen-bond acceptors (Lipinski definition) is 4. The number of aliphatic hydroxyl groups is 1. The second-order valence-corrected chi connectivity index (χ2v) is 7.65. The van der Waals surface area contributed by atoms with Gasteiger partial charge in [0, 0.05) is 11.4 Å². The molecule has 29 heavy (non-hydrogen) atoms. The number of hydrogen-bond donors (Lipinski definition) is 3. The molecule has 3 aromatic rings. The molecule has 0 spiro atoms. The first kappa shape index (κ1) is 21.1. The van der Waals surface area contributed by atoms with Gasteiger partial charge in [-0.1, -0.05) is 60.7 Å². The van der Waals surface area contributed by atoms with Gasteiger partial charge in [0.15, 0.2) is 0 Å². The number of nitrogens with one attached hydrogen (secondary N) is 1. The molecule has 0 aromatic heterocycles. The Morgan fingerprint density at radius 1 is 1.00 bits per heavy atom. The van der Waals surface area contributed by atoms with E-state index in [9.17, 15) is 15.0 Å². The zero-order valence-corrected chi connectivity index (χ0v) is 17.2. The number of carbonyl (C=O) groups is 1. The van der Waals surface area contributed by atoms with E-state index in [-0.39, 0.29) is 0 Å². The minimum Gasteiger partial charge on any atom is -0.478 e. The number of rotatable bonds is 9. The Kier molecular flexibility index (Phi) is 7.47. The summed E-state index contributed by atoms with van der Waals surface area (Å²) >= 11 is 1.44. The molecular formula is C24H25NO3S. The van der Waals surface area contributed by atoms with Crippen LogP contribution in [0.2, 0.25) is 0 Å². The highest BCUT2D eigenvalue weighted by molar-refractivity contribution is 7.98. The number of thioether (sulfide) groups is 1. The predicted octanol–water partition coefficient (Wildman–Crippen LogP) is 4.64. The van der Waals surface area contributed by atoms with Crippen molar-refractivity contribution in [1.82, 2.24) is 5.32 Å². The molecule has 0 aliphatic heterocycles. The lowest BCUT2D eigenvalue weighted by Gasteiger charge is -2.12. The number of aliphatic hydroxyl groups excluding tert-OH is 1. The molecule has 150 valence electrons. The fourth-order valence-electron chi connectivity index (χ4n) is 3.18. The molecule has 3 N–H and O–H groups in total. The van der Waals surface area contributed by atoms with Crippen LogP contribution in [0.3, 0.4) is 0 Å². The average Bonchev–Trinajstić information content (AvgIpc) is 2.77. The van der Waals surface area contributed by atoms with Gasteiger partial charge in [0.2, 0.25) is 0 Å². The minimum atomic E-state index is -0.902. The molecule has 3 aromatic carbocycles. The average molecular weight is 408 g/mol. The fourth-order valence-corrected chi connectivity index (χ4v) is 3.80. The summed E-state index contributed by atoms with van der Waals surface area (Å²) in [5, 5.41) is 22.7. The van der Waals surface area contributed by atoms with Crippen LogP contribution in [0.1, 0.15) is 27.6 Å². The van der Waals surface area contributed by atoms with Gasteiger partial charge in [-0.3, -0.25) is 0 Å². The largest absolute Gasteiger partial charge is 0.478 e. The second-order valence-electron chi connectivity index (χ2n) is 6.80. The number of benzene rings is 3. The lowest BCUT2D eigenvalue weighted by atomic mass is 10.0. The van der Waals surface area contributed by atoms with Gasteiger partial charge in [0.05, 0.1) is 11.7 Å². The second kappa shape index (κ2) is 10.3. The van der Waals surface area contributed by atoms with Crippen LogP contribution in [-0.2, 0) is 6.42 Å². The van der Waals surface area contributed by atoms with E-state index in [2.05, 4.69) is 29.6 Å². The van der Waals surface area contributed by atoms with Crippen molar-refractivity contribution >= 4 is 17.7 Å². The zero-order valence-electron chi connectivity index (χ0n) is 16.3. The van der Waals surface area contributed by atoms with Crippen molar-refractivity contribution in [2.45, 2.75) is 17.4 Å². The summed E-state index contributed by atoms with van der Waals surface area (Å²) in [6.07, 6.45) is 2.25. The van der Waals surface area contributed by atoms with Crippen LogP contribution in [0.25, 0.3) is 11.1 Å². The topological polar surface area (TPSA) is 69.6 Å². The van der Waals surface area contributed by atoms with Crippen LogP contribution < -0.4 is 5.32 Å². The molecule has 1 atom stereocenters. The van der Waals surface area contributed by atoms with E-state index in [0.29, 0.717) is 12.1 Å². The van der Waals surface area contributed by atoms with Crippen LogP contribution in [0, 0.1) is 0 Å². The summed E-state index contributed by atoms with van der Waals surface area (Å²) < 4.78 is 0. The van der Waals surface area contributed by atoms with E-state index in [4.69, 9.17) is 0 Å². The highest BCUT2D eigenvalue weighted by atomic mass is 32.2. The Hall–Kier alpha value is -2.60. The maximum atomic E-state index is 11.3. The molecule has 0 aliphatic carbocycles. The monoisotopic (exact) mass is 407 g/mol. The summed E-state index contributed by atoms with van der Waals surface area (Å²) in [5.41, 5.74) is 4.54. The smallest absolute Gasteiger partial charge is 0.336 e. The maximum Gasteiger partial charge on any atom is 0.336 e. The third-order valence-corrected chi connectivity index (χ3v) is 5.61. The first-order valence-electron chi connectivity index (χ1n) is 9.53. The van der Waals surface area contributed by atoms with Gasteiger partial charge < -0.3 is 15.5 Å². The van der Waals surface area contributed by atoms with E-state index in [1.807, 2.05) is 48.7 Å². The van der Waals surface area contributed by atoms with Crippen LogP contribution >= 0.6 is 11.8 Å². The number of aromatic carboxylic acids is 1.